The molecule has 1 aliphatic heterocycles. The Morgan fingerprint density at radius 2 is 1.65 bits per heavy atom. The van der Waals surface area contributed by atoms with Crippen LogP contribution in [-0.2, 0) is 6.18 Å². The van der Waals surface area contributed by atoms with Gasteiger partial charge in [-0.15, -0.1) is 0 Å². The zero-order valence-electron chi connectivity index (χ0n) is 14.1. The van der Waals surface area contributed by atoms with Gasteiger partial charge in [-0.05, 0) is 48.5 Å². The molecule has 4 nitrogen and oxygen atoms in total. The summed E-state index contributed by atoms with van der Waals surface area (Å²) in [5.41, 5.74) is -0.528. The van der Waals surface area contributed by atoms with Crippen LogP contribution in [0.1, 0.15) is 22.3 Å². The molecule has 0 radical (unpaired) electrons. The lowest BCUT2D eigenvalue weighted by molar-refractivity contribution is -0.137. The van der Waals surface area contributed by atoms with Crippen LogP contribution in [0, 0.1) is 0 Å². The van der Waals surface area contributed by atoms with Gasteiger partial charge in [0.1, 0.15) is 17.6 Å². The number of methoxy groups -OCH3 is 1. The molecule has 1 fully saturated rings. The molecular formula is C19H18F3NO3. The van der Waals surface area contributed by atoms with Gasteiger partial charge in [-0.3, -0.25) is 4.79 Å². The second-order valence-electron chi connectivity index (χ2n) is 6.03. The maximum Gasteiger partial charge on any atom is 0.416 e. The summed E-state index contributed by atoms with van der Waals surface area (Å²) in [4.78, 5) is 14.1. The van der Waals surface area contributed by atoms with E-state index in [0.717, 1.165) is 17.9 Å². The average Bonchev–Trinajstić information content (AvgIpc) is 3.09. The molecule has 1 aliphatic rings. The number of carbonyl (C=O) groups is 1. The van der Waals surface area contributed by atoms with E-state index in [1.54, 1.807) is 36.3 Å². The molecule has 0 aromatic heterocycles. The Bertz CT molecular complexity index is 757. The Labute approximate surface area is 149 Å². The van der Waals surface area contributed by atoms with Crippen LogP contribution in [0.4, 0.5) is 13.2 Å². The summed E-state index contributed by atoms with van der Waals surface area (Å²) in [6, 6.07) is 11.4. The second kappa shape index (κ2) is 7.27. The fourth-order valence-electron chi connectivity index (χ4n) is 2.84. The van der Waals surface area contributed by atoms with Crippen LogP contribution in [0.15, 0.2) is 48.5 Å². The molecular weight excluding hydrogens is 347 g/mol. The highest BCUT2D eigenvalue weighted by Gasteiger charge is 2.31. The van der Waals surface area contributed by atoms with Crippen molar-refractivity contribution < 1.29 is 27.4 Å². The number of ether oxygens (including phenoxy) is 2. The zero-order valence-corrected chi connectivity index (χ0v) is 14.1. The molecule has 7 heteroatoms. The first-order chi connectivity index (χ1) is 12.4. The first-order valence-electron chi connectivity index (χ1n) is 8.14. The predicted octanol–water partition coefficient (Wildman–Crippen LogP) is 4.01. The average molecular weight is 365 g/mol. The lowest BCUT2D eigenvalue weighted by Gasteiger charge is -2.18. The quantitative estimate of drug-likeness (QED) is 0.822. The number of alkyl halides is 3. The monoisotopic (exact) mass is 365 g/mol. The number of amides is 1. The molecule has 26 heavy (non-hydrogen) atoms. The molecule has 0 bridgehead atoms. The number of carbonyl (C=O) groups excluding carboxylic acids is 1. The van der Waals surface area contributed by atoms with Crippen LogP contribution < -0.4 is 9.47 Å². The summed E-state index contributed by atoms with van der Waals surface area (Å²) in [5.74, 6) is 1.11. The molecule has 1 amide bonds. The van der Waals surface area contributed by atoms with Gasteiger partial charge in [0.25, 0.3) is 5.91 Å². The second-order valence-corrected chi connectivity index (χ2v) is 6.03. The number of nitrogens with zero attached hydrogens (tertiary/aromatic N) is 1. The van der Waals surface area contributed by atoms with Crippen molar-refractivity contribution in [3.63, 3.8) is 0 Å². The number of halogens is 3. The predicted molar refractivity (Wildman–Crippen MR) is 89.4 cm³/mol. The standard InChI is InChI=1S/C19H18F3NO3/c1-25-15-6-8-16(9-7-15)26-17-10-11-23(12-17)18(24)13-2-4-14(5-3-13)19(20,21)22/h2-9,17H,10-12H2,1H3/t17-/m1/s1. The topological polar surface area (TPSA) is 38.8 Å². The summed E-state index contributed by atoms with van der Waals surface area (Å²) < 4.78 is 48.8. The maximum absolute atomic E-state index is 12.6. The van der Waals surface area contributed by atoms with E-state index in [0.29, 0.717) is 25.3 Å². The summed E-state index contributed by atoms with van der Waals surface area (Å²) in [7, 11) is 1.58. The normalized spacial score (nSPS) is 17.2. The van der Waals surface area contributed by atoms with Gasteiger partial charge < -0.3 is 14.4 Å². The summed E-state index contributed by atoms with van der Waals surface area (Å²) in [6.45, 7) is 0.895. The Kier molecular flexibility index (Phi) is 5.06. The first kappa shape index (κ1) is 18.1. The van der Waals surface area contributed by atoms with Gasteiger partial charge in [-0.25, -0.2) is 0 Å². The van der Waals surface area contributed by atoms with Crippen LogP contribution in [0.3, 0.4) is 0 Å². The zero-order chi connectivity index (χ0) is 18.7. The van der Waals surface area contributed by atoms with Gasteiger partial charge in [-0.1, -0.05) is 0 Å². The van der Waals surface area contributed by atoms with Gasteiger partial charge in [-0.2, -0.15) is 13.2 Å². The van der Waals surface area contributed by atoms with Gasteiger partial charge in [0, 0.05) is 18.5 Å². The van der Waals surface area contributed by atoms with Gasteiger partial charge in [0.2, 0.25) is 0 Å². The number of rotatable bonds is 4. The van der Waals surface area contributed by atoms with Crippen molar-refractivity contribution in [1.82, 2.24) is 4.90 Å². The van der Waals surface area contributed by atoms with E-state index < -0.39 is 11.7 Å². The minimum atomic E-state index is -4.41. The molecule has 2 aromatic carbocycles. The van der Waals surface area contributed by atoms with Gasteiger partial charge in [0.15, 0.2) is 0 Å². The minimum absolute atomic E-state index is 0.151. The SMILES string of the molecule is COc1ccc(O[C@@H]2CCN(C(=O)c3ccc(C(F)(F)F)cc3)C2)cc1. The van der Waals surface area contributed by atoms with Crippen molar-refractivity contribution in [2.45, 2.75) is 18.7 Å². The van der Waals surface area contributed by atoms with E-state index in [9.17, 15) is 18.0 Å². The van der Waals surface area contributed by atoms with Crippen LogP contribution >= 0.6 is 0 Å². The lowest BCUT2D eigenvalue weighted by atomic mass is 10.1. The molecule has 0 saturated carbocycles. The van der Waals surface area contributed by atoms with E-state index in [1.165, 1.54) is 12.1 Å². The molecule has 1 heterocycles. The number of benzene rings is 2. The number of hydrogen-bond acceptors (Lipinski definition) is 3. The summed E-state index contributed by atoms with van der Waals surface area (Å²) >= 11 is 0. The largest absolute Gasteiger partial charge is 0.497 e. The Hall–Kier alpha value is -2.70. The van der Waals surface area contributed by atoms with Crippen LogP contribution in [-0.4, -0.2) is 37.1 Å². The molecule has 1 atom stereocenters. The van der Waals surface area contributed by atoms with Crippen molar-refractivity contribution in [3.8, 4) is 11.5 Å². The highest BCUT2D eigenvalue weighted by atomic mass is 19.4. The molecule has 3 rings (SSSR count). The van der Waals surface area contributed by atoms with Gasteiger partial charge >= 0.3 is 6.18 Å². The Balaban J connectivity index is 1.59. The molecule has 0 unspecified atom stereocenters. The van der Waals surface area contributed by atoms with Crippen LogP contribution in [0.5, 0.6) is 11.5 Å². The lowest BCUT2D eigenvalue weighted by Crippen LogP contribution is -2.31. The van der Waals surface area contributed by atoms with Crippen LogP contribution in [0.2, 0.25) is 0 Å². The Morgan fingerprint density at radius 3 is 2.23 bits per heavy atom. The molecule has 0 N–H and O–H groups in total. The Morgan fingerprint density at radius 1 is 1.04 bits per heavy atom. The first-order valence-corrected chi connectivity index (χ1v) is 8.14. The maximum atomic E-state index is 12.6. The van der Waals surface area contributed by atoms with E-state index in [1.807, 2.05) is 0 Å². The molecule has 138 valence electrons. The number of hydrogen-bond donors (Lipinski definition) is 0. The third kappa shape index (κ3) is 4.09. The summed E-state index contributed by atoms with van der Waals surface area (Å²) in [6.07, 6.45) is -3.90. The molecule has 0 spiro atoms. The van der Waals surface area contributed by atoms with Crippen molar-refractivity contribution in [2.24, 2.45) is 0 Å². The van der Waals surface area contributed by atoms with Gasteiger partial charge in [0.05, 0.1) is 19.2 Å². The van der Waals surface area contributed by atoms with E-state index >= 15 is 0 Å². The van der Waals surface area contributed by atoms with E-state index in [2.05, 4.69) is 0 Å². The van der Waals surface area contributed by atoms with Crippen molar-refractivity contribution in [2.75, 3.05) is 20.2 Å². The molecule has 1 saturated heterocycles. The molecule has 2 aromatic rings. The third-order valence-electron chi connectivity index (χ3n) is 4.25. The number of likely N-dealkylation sites (tertiary alicyclic amines) is 1. The summed E-state index contributed by atoms with van der Waals surface area (Å²) in [5, 5.41) is 0. The van der Waals surface area contributed by atoms with E-state index in [-0.39, 0.29) is 17.6 Å². The van der Waals surface area contributed by atoms with Crippen molar-refractivity contribution in [1.29, 1.82) is 0 Å². The highest BCUT2D eigenvalue weighted by molar-refractivity contribution is 5.94. The van der Waals surface area contributed by atoms with Crippen molar-refractivity contribution >= 4 is 5.91 Å². The van der Waals surface area contributed by atoms with E-state index in [4.69, 9.17) is 9.47 Å². The highest BCUT2D eigenvalue weighted by Crippen LogP contribution is 2.29. The van der Waals surface area contributed by atoms with Crippen molar-refractivity contribution in [3.05, 3.63) is 59.7 Å². The fraction of sp³-hybridized carbons (Fsp3) is 0.316. The fourth-order valence-corrected chi connectivity index (χ4v) is 2.84. The smallest absolute Gasteiger partial charge is 0.416 e. The third-order valence-corrected chi connectivity index (χ3v) is 4.25. The van der Waals surface area contributed by atoms with Crippen LogP contribution in [0.25, 0.3) is 0 Å². The molecule has 0 aliphatic carbocycles. The minimum Gasteiger partial charge on any atom is -0.497 e.